The number of aliphatic hydroxyl groups is 1. The number of halogens is 1. The van der Waals surface area contributed by atoms with Gasteiger partial charge in [-0.3, -0.25) is 24.0 Å². The van der Waals surface area contributed by atoms with E-state index >= 15 is 0 Å². The van der Waals surface area contributed by atoms with Crippen LogP contribution in [0.15, 0.2) is 12.2 Å². The Kier molecular flexibility index (Phi) is 7.24. The number of alkyl halides is 1. The Hall–Kier alpha value is -2.74. The highest BCUT2D eigenvalue weighted by atomic mass is 35.5. The van der Waals surface area contributed by atoms with Gasteiger partial charge >= 0.3 is 29.8 Å². The molecule has 0 aromatic carbocycles. The Morgan fingerprint density at radius 1 is 0.952 bits per heavy atom. The summed E-state index contributed by atoms with van der Waals surface area (Å²) in [6.45, 7) is 11.8. The largest absolute Gasteiger partial charge is 0.462 e. The maximum Gasteiger partial charge on any atom is 0.312 e. The second-order valence-corrected chi connectivity index (χ2v) is 12.6. The van der Waals surface area contributed by atoms with Crippen LogP contribution < -0.4 is 0 Å². The second-order valence-electron chi connectivity index (χ2n) is 12.1. The number of carbonyl (C=O) groups excluding carboxylic acids is 5. The van der Waals surface area contributed by atoms with Gasteiger partial charge in [-0.15, -0.1) is 11.6 Å². The number of carbonyl (C=O) groups is 5. The Morgan fingerprint density at radius 2 is 1.48 bits per heavy atom. The van der Waals surface area contributed by atoms with Gasteiger partial charge in [0.25, 0.3) is 0 Å². The molecule has 4 heterocycles. The van der Waals surface area contributed by atoms with Gasteiger partial charge in [0.2, 0.25) is 0 Å². The molecule has 232 valence electrons. The number of fused-ring (bicyclic) bond motifs is 3. The van der Waals surface area contributed by atoms with Crippen LogP contribution in [-0.4, -0.2) is 94.4 Å². The Morgan fingerprint density at radius 3 is 2.00 bits per heavy atom. The summed E-state index contributed by atoms with van der Waals surface area (Å²) < 4.78 is 41.6. The van der Waals surface area contributed by atoms with Gasteiger partial charge in [-0.05, 0) is 6.92 Å². The van der Waals surface area contributed by atoms with Crippen molar-refractivity contribution in [3.63, 3.8) is 0 Å². The van der Waals surface area contributed by atoms with E-state index in [2.05, 4.69) is 6.58 Å². The van der Waals surface area contributed by atoms with Gasteiger partial charge in [-0.25, -0.2) is 0 Å². The monoisotopic (exact) mass is 614 g/mol. The van der Waals surface area contributed by atoms with Crippen molar-refractivity contribution in [2.75, 3.05) is 6.61 Å². The molecule has 4 saturated heterocycles. The predicted molar refractivity (Wildman–Crippen MR) is 138 cm³/mol. The van der Waals surface area contributed by atoms with E-state index in [0.717, 1.165) is 6.92 Å². The number of hydrogen-bond donors (Lipinski definition) is 1. The standard InChI is InChI=1S/C28H35ClO13/c1-11-20(29)22-28(12(2)24(34)41-22)23(40-16(6)33)21-25(7,19(39-15(5)32)9-27(11,35)42-28)17(37-13(3)30)8-18(38-14(4)31)26(21)10-36-26/h12,17-23,35H,1,8-10H2,2-7H3/t12?,17-,18+,19-,20-,21+,22-,23-,25+,26+,27-,28-/m0/s1. The highest BCUT2D eigenvalue weighted by molar-refractivity contribution is 6.23. The lowest BCUT2D eigenvalue weighted by molar-refractivity contribution is -0.356. The molecule has 1 aliphatic carbocycles. The molecule has 14 heteroatoms. The van der Waals surface area contributed by atoms with Crippen molar-refractivity contribution in [2.24, 2.45) is 17.3 Å². The maximum absolute atomic E-state index is 13.2. The normalized spacial score (nSPS) is 47.1. The van der Waals surface area contributed by atoms with Crippen molar-refractivity contribution in [2.45, 2.75) is 107 Å². The zero-order valence-electron chi connectivity index (χ0n) is 24.2. The summed E-state index contributed by atoms with van der Waals surface area (Å²) >= 11 is 6.82. The molecule has 5 fully saturated rings. The summed E-state index contributed by atoms with van der Waals surface area (Å²) in [6, 6.07) is 0. The molecule has 1 unspecified atom stereocenters. The van der Waals surface area contributed by atoms with E-state index in [9.17, 15) is 29.1 Å². The van der Waals surface area contributed by atoms with E-state index < -0.39 is 106 Å². The van der Waals surface area contributed by atoms with Crippen molar-refractivity contribution >= 4 is 41.4 Å². The lowest BCUT2D eigenvalue weighted by Gasteiger charge is -2.63. The predicted octanol–water partition coefficient (Wildman–Crippen LogP) is 1.09. The first-order valence-electron chi connectivity index (χ1n) is 13.7. The molecular formula is C28H35ClO13. The lowest BCUT2D eigenvalue weighted by atomic mass is 9.50. The summed E-state index contributed by atoms with van der Waals surface area (Å²) in [6.07, 6.45) is -6.73. The van der Waals surface area contributed by atoms with Gasteiger partial charge in [0.15, 0.2) is 17.5 Å². The summed E-state index contributed by atoms with van der Waals surface area (Å²) in [5.41, 5.74) is -4.85. The maximum atomic E-state index is 13.2. The van der Waals surface area contributed by atoms with Gasteiger partial charge in [-0.1, -0.05) is 13.5 Å². The van der Waals surface area contributed by atoms with Crippen molar-refractivity contribution in [3.8, 4) is 0 Å². The smallest absolute Gasteiger partial charge is 0.312 e. The molecule has 2 bridgehead atoms. The van der Waals surface area contributed by atoms with Crippen LogP contribution in [-0.2, 0) is 57.1 Å². The van der Waals surface area contributed by atoms with E-state index in [4.69, 9.17) is 44.8 Å². The average Bonchev–Trinajstić information content (AvgIpc) is 3.60. The van der Waals surface area contributed by atoms with E-state index in [1.165, 1.54) is 27.7 Å². The zero-order chi connectivity index (χ0) is 31.2. The lowest BCUT2D eigenvalue weighted by Crippen LogP contribution is -2.78. The van der Waals surface area contributed by atoms with Gasteiger partial charge in [0.1, 0.15) is 30.0 Å². The highest BCUT2D eigenvalue weighted by Crippen LogP contribution is 2.66. The number of esters is 5. The van der Waals surface area contributed by atoms with E-state index in [0.29, 0.717) is 0 Å². The highest BCUT2D eigenvalue weighted by Gasteiger charge is 2.82. The molecule has 1 saturated carbocycles. The van der Waals surface area contributed by atoms with Gasteiger partial charge < -0.3 is 38.3 Å². The SMILES string of the molecule is C=C1[C@H](Cl)[C@@H]2OC(=O)C(C)[C@]23O[C@@]1(O)C[C@H](OC(C)=O)[C@@]1(C)[C@@H](OC(C)=O)C[C@@H](OC(C)=O)[C@]2(CO2)[C@@H]1[C@@H]3OC(C)=O. The summed E-state index contributed by atoms with van der Waals surface area (Å²) in [7, 11) is 0. The quantitative estimate of drug-likeness (QED) is 0.157. The topological polar surface area (TPSA) is 173 Å². The minimum absolute atomic E-state index is 0.00770. The van der Waals surface area contributed by atoms with Crippen molar-refractivity contribution < 1.29 is 62.2 Å². The third-order valence-corrected chi connectivity index (χ3v) is 10.1. The van der Waals surface area contributed by atoms with Crippen LogP contribution in [0.2, 0.25) is 0 Å². The van der Waals surface area contributed by atoms with Crippen LogP contribution in [0.3, 0.4) is 0 Å². The fourth-order valence-electron chi connectivity index (χ4n) is 7.76. The molecule has 0 amide bonds. The first kappa shape index (κ1) is 30.7. The molecule has 0 aromatic heterocycles. The minimum Gasteiger partial charge on any atom is -0.462 e. The molecule has 5 rings (SSSR count). The summed E-state index contributed by atoms with van der Waals surface area (Å²) in [5.74, 6) is -8.17. The van der Waals surface area contributed by atoms with Crippen LogP contribution in [0.1, 0.15) is 54.4 Å². The van der Waals surface area contributed by atoms with Crippen LogP contribution in [0.25, 0.3) is 0 Å². The summed E-state index contributed by atoms with van der Waals surface area (Å²) in [4.78, 5) is 63.4. The van der Waals surface area contributed by atoms with E-state index in [1.54, 1.807) is 6.92 Å². The number of ether oxygens (including phenoxy) is 7. The molecule has 2 spiro atoms. The van der Waals surface area contributed by atoms with Gasteiger partial charge in [0.05, 0.1) is 23.3 Å². The fourth-order valence-corrected chi connectivity index (χ4v) is 8.18. The third-order valence-electron chi connectivity index (χ3n) is 9.63. The Balaban J connectivity index is 1.85. The van der Waals surface area contributed by atoms with Crippen molar-refractivity contribution in [1.29, 1.82) is 0 Å². The molecule has 12 atom stereocenters. The van der Waals surface area contributed by atoms with Crippen LogP contribution in [0, 0.1) is 17.3 Å². The molecular weight excluding hydrogens is 580 g/mol. The first-order valence-corrected chi connectivity index (χ1v) is 14.2. The Labute approximate surface area is 247 Å². The van der Waals surface area contributed by atoms with E-state index in [-0.39, 0.29) is 18.6 Å². The molecule has 0 aromatic rings. The number of rotatable bonds is 4. The van der Waals surface area contributed by atoms with E-state index in [1.807, 2.05) is 0 Å². The van der Waals surface area contributed by atoms with Crippen molar-refractivity contribution in [3.05, 3.63) is 12.2 Å². The van der Waals surface area contributed by atoms with Crippen LogP contribution in [0.5, 0.6) is 0 Å². The van der Waals surface area contributed by atoms with Crippen LogP contribution >= 0.6 is 11.6 Å². The molecule has 0 radical (unpaired) electrons. The molecule has 1 N–H and O–H groups in total. The second kappa shape index (κ2) is 9.90. The molecule has 13 nitrogen and oxygen atoms in total. The molecule has 4 aliphatic heterocycles. The first-order chi connectivity index (χ1) is 19.4. The van der Waals surface area contributed by atoms with Gasteiger partial charge in [-0.2, -0.15) is 0 Å². The molecule has 42 heavy (non-hydrogen) atoms. The average molecular weight is 615 g/mol. The number of hydrogen-bond acceptors (Lipinski definition) is 13. The number of epoxide rings is 1. The van der Waals surface area contributed by atoms with Crippen LogP contribution in [0.4, 0.5) is 0 Å². The fraction of sp³-hybridized carbons (Fsp3) is 0.750. The zero-order valence-corrected chi connectivity index (χ0v) is 24.9. The minimum atomic E-state index is -2.32. The van der Waals surface area contributed by atoms with Crippen molar-refractivity contribution in [1.82, 2.24) is 0 Å². The Bertz CT molecular complexity index is 1250. The van der Waals surface area contributed by atoms with Gasteiger partial charge in [0, 0.05) is 52.0 Å². The summed E-state index contributed by atoms with van der Waals surface area (Å²) in [5, 5.41) is 10.9. The molecule has 5 aliphatic rings. The third kappa shape index (κ3) is 4.26.